The van der Waals surface area contributed by atoms with E-state index in [0.717, 1.165) is 12.0 Å². The van der Waals surface area contributed by atoms with Crippen LogP contribution in [-0.2, 0) is 11.2 Å². The first-order valence-electron chi connectivity index (χ1n) is 7.77. The van der Waals surface area contributed by atoms with E-state index >= 15 is 0 Å². The average molecular weight is 337 g/mol. The van der Waals surface area contributed by atoms with Gasteiger partial charge < -0.3 is 9.52 Å². The molecule has 0 spiro atoms. The fourth-order valence-electron chi connectivity index (χ4n) is 2.57. The predicted molar refractivity (Wildman–Crippen MR) is 90.8 cm³/mol. The molecule has 1 aromatic heterocycles. The molecule has 2 aromatic carbocycles. The van der Waals surface area contributed by atoms with E-state index in [2.05, 4.69) is 4.98 Å². The summed E-state index contributed by atoms with van der Waals surface area (Å²) in [6, 6.07) is 13.1. The maximum atomic E-state index is 12.7. The van der Waals surface area contributed by atoms with Gasteiger partial charge in [-0.25, -0.2) is 9.78 Å². The van der Waals surface area contributed by atoms with E-state index in [4.69, 9.17) is 4.42 Å². The first-order valence-corrected chi connectivity index (χ1v) is 7.77. The highest BCUT2D eigenvalue weighted by molar-refractivity contribution is 6.12. The summed E-state index contributed by atoms with van der Waals surface area (Å²) >= 11 is 0. The van der Waals surface area contributed by atoms with Crippen molar-refractivity contribution in [2.75, 3.05) is 0 Å². The third-order valence-corrected chi connectivity index (χ3v) is 3.95. The van der Waals surface area contributed by atoms with E-state index in [-0.39, 0.29) is 11.1 Å². The number of rotatable bonds is 5. The summed E-state index contributed by atoms with van der Waals surface area (Å²) in [6.07, 6.45) is 0.798. The van der Waals surface area contributed by atoms with E-state index in [1.54, 1.807) is 48.5 Å². The predicted octanol–water partition coefficient (Wildman–Crippen LogP) is 2.80. The number of para-hydroxylation sites is 2. The van der Waals surface area contributed by atoms with Crippen LogP contribution < -0.4 is 5.63 Å². The summed E-state index contributed by atoms with van der Waals surface area (Å²) < 4.78 is 5.11. The Morgan fingerprint density at radius 3 is 2.44 bits per heavy atom. The molecular weight excluding hydrogens is 322 g/mol. The quantitative estimate of drug-likeness (QED) is 0.568. The summed E-state index contributed by atoms with van der Waals surface area (Å²) in [7, 11) is 0. The molecule has 126 valence electrons. The Hall–Kier alpha value is -3.28. The van der Waals surface area contributed by atoms with Crippen molar-refractivity contribution in [3.8, 4) is 0 Å². The second-order valence-corrected chi connectivity index (χ2v) is 5.54. The third kappa shape index (κ3) is 3.19. The minimum atomic E-state index is -1.71. The molecule has 6 heteroatoms. The van der Waals surface area contributed by atoms with Gasteiger partial charge in [0.25, 0.3) is 0 Å². The second kappa shape index (κ2) is 6.68. The molecule has 0 bridgehead atoms. The normalized spacial score (nSPS) is 12.0. The number of carbonyl (C=O) groups excluding carboxylic acids is 1. The maximum Gasteiger partial charge on any atom is 0.359 e. The second-order valence-electron chi connectivity index (χ2n) is 5.54. The number of carboxylic acids is 1. The SMILES string of the molecule is CCc1ccc(C(=O)C(C(=O)O)c2nc3ccccc3oc2=O)cc1. The van der Waals surface area contributed by atoms with Crippen molar-refractivity contribution in [2.24, 2.45) is 0 Å². The van der Waals surface area contributed by atoms with Gasteiger partial charge in [0.05, 0.1) is 0 Å². The molecular formula is C19H15NO5. The lowest BCUT2D eigenvalue weighted by Crippen LogP contribution is -2.28. The largest absolute Gasteiger partial charge is 0.480 e. The van der Waals surface area contributed by atoms with Gasteiger partial charge in [0.2, 0.25) is 0 Å². The van der Waals surface area contributed by atoms with Gasteiger partial charge in [0.15, 0.2) is 17.3 Å². The van der Waals surface area contributed by atoms with Crippen molar-refractivity contribution in [3.05, 3.63) is 75.8 Å². The Kier molecular flexibility index (Phi) is 4.43. The van der Waals surface area contributed by atoms with E-state index in [9.17, 15) is 19.5 Å². The number of fused-ring (bicyclic) bond motifs is 1. The lowest BCUT2D eigenvalue weighted by Gasteiger charge is -2.11. The van der Waals surface area contributed by atoms with Gasteiger partial charge in [0, 0.05) is 5.56 Å². The van der Waals surface area contributed by atoms with Gasteiger partial charge in [-0.05, 0) is 24.1 Å². The fraction of sp³-hybridized carbons (Fsp3) is 0.158. The molecule has 0 saturated heterocycles. The van der Waals surface area contributed by atoms with Crippen molar-refractivity contribution in [2.45, 2.75) is 19.3 Å². The molecule has 0 aliphatic rings. The van der Waals surface area contributed by atoms with E-state index in [0.29, 0.717) is 5.52 Å². The van der Waals surface area contributed by atoms with Crippen LogP contribution in [0.15, 0.2) is 57.7 Å². The van der Waals surface area contributed by atoms with E-state index in [1.165, 1.54) is 0 Å². The Morgan fingerprint density at radius 2 is 1.80 bits per heavy atom. The number of aryl methyl sites for hydroxylation is 1. The number of nitrogens with zero attached hydrogens (tertiary/aromatic N) is 1. The lowest BCUT2D eigenvalue weighted by molar-refractivity contribution is -0.137. The van der Waals surface area contributed by atoms with Crippen molar-refractivity contribution in [1.29, 1.82) is 0 Å². The molecule has 0 fully saturated rings. The molecule has 6 nitrogen and oxygen atoms in total. The molecule has 0 amide bonds. The van der Waals surface area contributed by atoms with Gasteiger partial charge in [-0.15, -0.1) is 0 Å². The number of ketones is 1. The van der Waals surface area contributed by atoms with Crippen molar-refractivity contribution >= 4 is 22.9 Å². The highest BCUT2D eigenvalue weighted by Gasteiger charge is 2.34. The minimum Gasteiger partial charge on any atom is -0.480 e. The number of carbonyl (C=O) groups is 2. The zero-order chi connectivity index (χ0) is 18.0. The van der Waals surface area contributed by atoms with Crippen molar-refractivity contribution in [1.82, 2.24) is 4.98 Å². The van der Waals surface area contributed by atoms with Gasteiger partial charge in [-0.3, -0.25) is 9.59 Å². The highest BCUT2D eigenvalue weighted by Crippen LogP contribution is 2.20. The fourth-order valence-corrected chi connectivity index (χ4v) is 2.57. The number of hydrogen-bond donors (Lipinski definition) is 1. The van der Waals surface area contributed by atoms with Crippen LogP contribution in [0.1, 0.15) is 34.5 Å². The van der Waals surface area contributed by atoms with Gasteiger partial charge in [-0.1, -0.05) is 43.3 Å². The van der Waals surface area contributed by atoms with Crippen LogP contribution in [0.5, 0.6) is 0 Å². The Morgan fingerprint density at radius 1 is 1.12 bits per heavy atom. The number of Topliss-reactive ketones (excluding diaryl/α,β-unsaturated/α-hetero) is 1. The Balaban J connectivity index is 2.09. The molecule has 0 radical (unpaired) electrons. The van der Waals surface area contributed by atoms with Crippen molar-refractivity contribution in [3.63, 3.8) is 0 Å². The third-order valence-electron chi connectivity index (χ3n) is 3.95. The summed E-state index contributed by atoms with van der Waals surface area (Å²) in [5.74, 6) is -3.86. The lowest BCUT2D eigenvalue weighted by atomic mass is 9.94. The maximum absolute atomic E-state index is 12.7. The average Bonchev–Trinajstić information content (AvgIpc) is 2.62. The molecule has 3 rings (SSSR count). The summed E-state index contributed by atoms with van der Waals surface area (Å²) in [5, 5.41) is 9.51. The number of carboxylic acid groups (broad SMARTS) is 1. The van der Waals surface area contributed by atoms with Crippen LogP contribution >= 0.6 is 0 Å². The van der Waals surface area contributed by atoms with E-state index < -0.39 is 29.0 Å². The summed E-state index contributed by atoms with van der Waals surface area (Å²) in [4.78, 5) is 40.6. The number of hydrogen-bond acceptors (Lipinski definition) is 5. The molecule has 25 heavy (non-hydrogen) atoms. The van der Waals surface area contributed by atoms with Gasteiger partial charge in [0.1, 0.15) is 11.2 Å². The summed E-state index contributed by atoms with van der Waals surface area (Å²) in [5.41, 5.74) is 0.434. The molecule has 0 aliphatic heterocycles. The molecule has 1 unspecified atom stereocenters. The number of benzene rings is 2. The number of aromatic nitrogens is 1. The number of aliphatic carboxylic acids is 1. The molecule has 1 N–H and O–H groups in total. The van der Waals surface area contributed by atoms with Gasteiger partial charge >= 0.3 is 11.6 Å². The zero-order valence-corrected chi connectivity index (χ0v) is 13.4. The van der Waals surface area contributed by atoms with Gasteiger partial charge in [-0.2, -0.15) is 0 Å². The Labute approximate surface area is 142 Å². The molecule has 1 atom stereocenters. The molecule has 0 aliphatic carbocycles. The van der Waals surface area contributed by atoms with Crippen LogP contribution in [0.25, 0.3) is 11.1 Å². The summed E-state index contributed by atoms with van der Waals surface area (Å²) in [6.45, 7) is 1.97. The Bertz CT molecular complexity index is 1000. The molecule has 3 aromatic rings. The van der Waals surface area contributed by atoms with E-state index in [1.807, 2.05) is 6.92 Å². The van der Waals surface area contributed by atoms with Crippen LogP contribution in [0.4, 0.5) is 0 Å². The zero-order valence-electron chi connectivity index (χ0n) is 13.4. The van der Waals surface area contributed by atoms with Crippen LogP contribution in [0, 0.1) is 0 Å². The van der Waals surface area contributed by atoms with Crippen LogP contribution in [0.3, 0.4) is 0 Å². The monoisotopic (exact) mass is 337 g/mol. The topological polar surface area (TPSA) is 97.5 Å². The highest BCUT2D eigenvalue weighted by atomic mass is 16.4. The first-order chi connectivity index (χ1) is 12.0. The smallest absolute Gasteiger partial charge is 0.359 e. The molecule has 0 saturated carbocycles. The standard InChI is InChI=1S/C19H15NO5/c1-2-11-7-9-12(10-8-11)17(21)15(18(22)23)16-19(24)25-14-6-4-3-5-13(14)20-16/h3-10,15H,2H2,1H3,(H,22,23). The van der Waals surface area contributed by atoms with Crippen molar-refractivity contribution < 1.29 is 19.1 Å². The molecule has 1 heterocycles. The first kappa shape index (κ1) is 16.6. The van der Waals surface area contributed by atoms with Crippen LogP contribution in [-0.4, -0.2) is 21.8 Å². The minimum absolute atomic E-state index is 0.207. The van der Waals surface area contributed by atoms with Crippen LogP contribution in [0.2, 0.25) is 0 Å².